The lowest BCUT2D eigenvalue weighted by molar-refractivity contribution is 0.0594. The minimum absolute atomic E-state index is 0.0351. The summed E-state index contributed by atoms with van der Waals surface area (Å²) in [6.07, 6.45) is 0. The summed E-state index contributed by atoms with van der Waals surface area (Å²) in [4.78, 5) is 40.1. The molecule has 4 aromatic rings. The van der Waals surface area contributed by atoms with E-state index in [0.29, 0.717) is 16.7 Å². The maximum atomic E-state index is 13.0. The maximum Gasteiger partial charge on any atom is 0.354 e. The molecular formula is C21H15NO6. The lowest BCUT2D eigenvalue weighted by Gasteiger charge is -2.06. The number of hydrogen-bond acceptors (Lipinski definition) is 6. The molecule has 0 radical (unpaired) electrons. The number of phenols is 1. The first kappa shape index (κ1) is 17.5. The van der Waals surface area contributed by atoms with Crippen LogP contribution in [0.4, 0.5) is 0 Å². The van der Waals surface area contributed by atoms with E-state index >= 15 is 0 Å². The third-order valence-electron chi connectivity index (χ3n) is 4.59. The second-order valence-electron chi connectivity index (χ2n) is 6.29. The van der Waals surface area contributed by atoms with Crippen LogP contribution in [0.5, 0.6) is 5.75 Å². The van der Waals surface area contributed by atoms with E-state index in [0.717, 1.165) is 6.07 Å². The molecule has 0 aliphatic rings. The highest BCUT2D eigenvalue weighted by Crippen LogP contribution is 2.36. The fraction of sp³-hybridized carbons (Fsp3) is 0.0952. The van der Waals surface area contributed by atoms with E-state index in [4.69, 9.17) is 4.42 Å². The fourth-order valence-electron chi connectivity index (χ4n) is 3.31. The van der Waals surface area contributed by atoms with Crippen molar-refractivity contribution in [1.82, 2.24) is 4.98 Å². The number of rotatable bonds is 3. The molecule has 4 rings (SSSR count). The van der Waals surface area contributed by atoms with Crippen molar-refractivity contribution in [2.24, 2.45) is 0 Å². The van der Waals surface area contributed by atoms with Crippen molar-refractivity contribution >= 4 is 33.6 Å². The van der Waals surface area contributed by atoms with Crippen LogP contribution in [0.1, 0.15) is 32.2 Å². The number of esters is 1. The Bertz CT molecular complexity index is 1310. The quantitative estimate of drug-likeness (QED) is 0.419. The van der Waals surface area contributed by atoms with Gasteiger partial charge in [0.2, 0.25) is 0 Å². The summed E-state index contributed by atoms with van der Waals surface area (Å²) < 4.78 is 10.4. The van der Waals surface area contributed by atoms with E-state index < -0.39 is 11.4 Å². The number of hydrogen-bond donors (Lipinski definition) is 2. The number of pyridine rings is 1. The molecule has 2 heterocycles. The highest BCUT2D eigenvalue weighted by molar-refractivity contribution is 6.20. The first-order valence-electron chi connectivity index (χ1n) is 8.42. The largest absolute Gasteiger partial charge is 0.506 e. The summed E-state index contributed by atoms with van der Waals surface area (Å²) in [5.74, 6) is -0.979. The molecule has 0 saturated carbocycles. The Morgan fingerprint density at radius 2 is 1.86 bits per heavy atom. The zero-order valence-electron chi connectivity index (χ0n) is 15.0. The number of aromatic hydroxyl groups is 1. The molecule has 140 valence electrons. The number of ketones is 1. The van der Waals surface area contributed by atoms with Crippen LogP contribution in [0.2, 0.25) is 0 Å². The minimum atomic E-state index is -0.742. The molecule has 0 atom stereocenters. The standard InChI is InChI=1S/C21H15NO6/c1-10-16(19(25)11-6-4-3-5-7-11)12-8-15(24)18-17(20(12)28-10)14(23)9-13(22-18)21(26)27-2/h3-9,24H,1-2H3,(H,22,23). The van der Waals surface area contributed by atoms with Crippen molar-refractivity contribution in [1.29, 1.82) is 0 Å². The van der Waals surface area contributed by atoms with E-state index in [1.807, 2.05) is 0 Å². The van der Waals surface area contributed by atoms with Crippen molar-refractivity contribution in [2.75, 3.05) is 7.11 Å². The Hall–Kier alpha value is -3.87. The van der Waals surface area contributed by atoms with Crippen LogP contribution in [-0.4, -0.2) is 29.0 Å². The molecule has 7 heteroatoms. The van der Waals surface area contributed by atoms with Crippen LogP contribution in [0.3, 0.4) is 0 Å². The zero-order valence-corrected chi connectivity index (χ0v) is 15.0. The molecule has 28 heavy (non-hydrogen) atoms. The Labute approximate surface area is 158 Å². The summed E-state index contributed by atoms with van der Waals surface area (Å²) in [7, 11) is 1.19. The SMILES string of the molecule is COC(=O)c1cc(=O)c2c([nH]1)c(O)cc1c(C(=O)c3ccccc3)c(C)oc12. The molecule has 0 aliphatic carbocycles. The average Bonchev–Trinajstić information content (AvgIpc) is 3.02. The molecule has 0 aliphatic heterocycles. The van der Waals surface area contributed by atoms with Gasteiger partial charge in [-0.05, 0) is 13.0 Å². The molecule has 0 spiro atoms. The van der Waals surface area contributed by atoms with E-state index in [2.05, 4.69) is 9.72 Å². The summed E-state index contributed by atoms with van der Waals surface area (Å²) in [6.45, 7) is 1.62. The van der Waals surface area contributed by atoms with Crippen LogP contribution in [0, 0.1) is 6.92 Å². The number of carbonyl (C=O) groups excluding carboxylic acids is 2. The van der Waals surface area contributed by atoms with Crippen molar-refractivity contribution in [3.8, 4) is 5.75 Å². The normalized spacial score (nSPS) is 11.1. The zero-order chi connectivity index (χ0) is 20.0. The van der Waals surface area contributed by atoms with E-state index in [1.165, 1.54) is 13.2 Å². The number of ether oxygens (including phenoxy) is 1. The molecule has 2 N–H and O–H groups in total. The summed E-state index contributed by atoms with van der Waals surface area (Å²) in [5, 5.41) is 10.9. The van der Waals surface area contributed by atoms with Gasteiger partial charge < -0.3 is 19.2 Å². The van der Waals surface area contributed by atoms with Crippen molar-refractivity contribution in [2.45, 2.75) is 6.92 Å². The molecule has 2 aromatic carbocycles. The third kappa shape index (κ3) is 2.56. The van der Waals surface area contributed by atoms with Crippen LogP contribution in [0.25, 0.3) is 21.9 Å². The number of phenolic OH excluding ortho intramolecular Hbond substituents is 1. The second kappa shape index (κ2) is 6.38. The number of H-pyrrole nitrogens is 1. The van der Waals surface area contributed by atoms with Crippen LogP contribution in [-0.2, 0) is 4.74 Å². The molecular weight excluding hydrogens is 362 g/mol. The average molecular weight is 377 g/mol. The van der Waals surface area contributed by atoms with Gasteiger partial charge in [0.15, 0.2) is 11.2 Å². The number of methoxy groups -OCH3 is 1. The summed E-state index contributed by atoms with van der Waals surface area (Å²) in [5.41, 5.74) is 0.300. The van der Waals surface area contributed by atoms with Crippen LogP contribution < -0.4 is 5.43 Å². The predicted molar refractivity (Wildman–Crippen MR) is 102 cm³/mol. The Morgan fingerprint density at radius 3 is 2.54 bits per heavy atom. The van der Waals surface area contributed by atoms with E-state index in [9.17, 15) is 19.5 Å². The number of furan rings is 1. The van der Waals surface area contributed by atoms with Crippen LogP contribution >= 0.6 is 0 Å². The van der Waals surface area contributed by atoms with Gasteiger partial charge in [-0.2, -0.15) is 0 Å². The molecule has 2 aromatic heterocycles. The summed E-state index contributed by atoms with van der Waals surface area (Å²) >= 11 is 0. The van der Waals surface area contributed by atoms with Gasteiger partial charge in [-0.1, -0.05) is 30.3 Å². The van der Waals surface area contributed by atoms with Crippen molar-refractivity contribution in [3.05, 3.63) is 75.3 Å². The van der Waals surface area contributed by atoms with Crippen molar-refractivity contribution in [3.63, 3.8) is 0 Å². The van der Waals surface area contributed by atoms with Gasteiger partial charge >= 0.3 is 5.97 Å². The lowest BCUT2D eigenvalue weighted by atomic mass is 9.99. The van der Waals surface area contributed by atoms with Gasteiger partial charge in [0.1, 0.15) is 22.8 Å². The molecule has 0 bridgehead atoms. The number of aromatic nitrogens is 1. The Balaban J connectivity index is 2.05. The Kier molecular flexibility index (Phi) is 4.00. The van der Waals surface area contributed by atoms with Crippen LogP contribution in [0.15, 0.2) is 51.7 Å². The lowest BCUT2D eigenvalue weighted by Crippen LogP contribution is -2.11. The number of aromatic amines is 1. The number of nitrogens with one attached hydrogen (secondary N) is 1. The van der Waals surface area contributed by atoms with Gasteiger partial charge in [-0.3, -0.25) is 9.59 Å². The first-order valence-corrected chi connectivity index (χ1v) is 8.42. The number of carbonyl (C=O) groups is 2. The highest BCUT2D eigenvalue weighted by Gasteiger charge is 2.24. The first-order chi connectivity index (χ1) is 13.4. The molecule has 0 fully saturated rings. The monoisotopic (exact) mass is 377 g/mol. The van der Waals surface area contributed by atoms with Gasteiger partial charge in [-0.25, -0.2) is 4.79 Å². The maximum absolute atomic E-state index is 13.0. The van der Waals surface area contributed by atoms with Gasteiger partial charge in [-0.15, -0.1) is 0 Å². The third-order valence-corrected chi connectivity index (χ3v) is 4.59. The molecule has 0 saturated heterocycles. The topological polar surface area (TPSA) is 110 Å². The highest BCUT2D eigenvalue weighted by atomic mass is 16.5. The predicted octanol–water partition coefficient (Wildman–Crippen LogP) is 3.31. The summed E-state index contributed by atoms with van der Waals surface area (Å²) in [6, 6.07) is 11.1. The fourth-order valence-corrected chi connectivity index (χ4v) is 3.31. The minimum Gasteiger partial charge on any atom is -0.506 e. The smallest absolute Gasteiger partial charge is 0.354 e. The number of fused-ring (bicyclic) bond motifs is 3. The number of aryl methyl sites for hydroxylation is 1. The van der Waals surface area contributed by atoms with E-state index in [-0.39, 0.29) is 39.3 Å². The van der Waals surface area contributed by atoms with E-state index in [1.54, 1.807) is 37.3 Å². The second-order valence-corrected chi connectivity index (χ2v) is 6.29. The molecule has 0 amide bonds. The Morgan fingerprint density at radius 1 is 1.14 bits per heavy atom. The number of benzene rings is 2. The molecule has 0 unspecified atom stereocenters. The van der Waals surface area contributed by atoms with Gasteiger partial charge in [0.05, 0.1) is 23.6 Å². The molecule has 7 nitrogen and oxygen atoms in total. The van der Waals surface area contributed by atoms with Gasteiger partial charge in [0.25, 0.3) is 0 Å². The van der Waals surface area contributed by atoms with Crippen molar-refractivity contribution < 1.29 is 23.8 Å². The van der Waals surface area contributed by atoms with Gasteiger partial charge in [0, 0.05) is 17.0 Å².